The van der Waals surface area contributed by atoms with Crippen LogP contribution in [0.3, 0.4) is 0 Å². The number of nitro benzene ring substituents is 1. The van der Waals surface area contributed by atoms with Crippen LogP contribution in [0.1, 0.15) is 5.56 Å². The average Bonchev–Trinajstić information content (AvgIpc) is 2.55. The van der Waals surface area contributed by atoms with E-state index >= 15 is 0 Å². The molecule has 2 rings (SSSR count). The number of nitrogens with zero attached hydrogens (tertiary/aromatic N) is 2. The second kappa shape index (κ2) is 8.28. The third-order valence-electron chi connectivity index (χ3n) is 2.77. The fourth-order valence-corrected chi connectivity index (χ4v) is 1.98. The van der Waals surface area contributed by atoms with E-state index in [0.29, 0.717) is 5.02 Å². The van der Waals surface area contributed by atoms with Crippen molar-refractivity contribution in [2.24, 2.45) is 5.16 Å². The number of benzene rings is 2. The van der Waals surface area contributed by atoms with Crippen molar-refractivity contribution in [1.82, 2.24) is 0 Å². The van der Waals surface area contributed by atoms with Gasteiger partial charge in [0.25, 0.3) is 11.6 Å². The summed E-state index contributed by atoms with van der Waals surface area (Å²) in [5.74, 6) is -0.514. The molecule has 0 saturated heterocycles. The second-order valence-corrected chi connectivity index (χ2v) is 5.37. The SMILES string of the molecule is O=C(CO/N=C/c1ccc(Cl)cc1)Nc1ccc(Cl)c([N+](=O)[O-])c1. The summed E-state index contributed by atoms with van der Waals surface area (Å²) >= 11 is 11.4. The van der Waals surface area contributed by atoms with Gasteiger partial charge in [-0.2, -0.15) is 0 Å². The number of nitro groups is 1. The molecule has 0 aliphatic rings. The fraction of sp³-hybridized carbons (Fsp3) is 0.0667. The van der Waals surface area contributed by atoms with E-state index in [0.717, 1.165) is 11.6 Å². The Kier molecular flexibility index (Phi) is 6.11. The van der Waals surface area contributed by atoms with E-state index in [-0.39, 0.29) is 23.0 Å². The van der Waals surface area contributed by atoms with Crippen molar-refractivity contribution in [1.29, 1.82) is 0 Å². The number of rotatable bonds is 6. The van der Waals surface area contributed by atoms with Crippen molar-refractivity contribution in [2.45, 2.75) is 0 Å². The maximum Gasteiger partial charge on any atom is 0.289 e. The zero-order valence-electron chi connectivity index (χ0n) is 12.1. The maximum atomic E-state index is 11.7. The Morgan fingerprint density at radius 3 is 2.62 bits per heavy atom. The first-order valence-corrected chi connectivity index (χ1v) is 7.36. The van der Waals surface area contributed by atoms with Crippen molar-refractivity contribution in [3.63, 3.8) is 0 Å². The molecule has 0 heterocycles. The summed E-state index contributed by atoms with van der Waals surface area (Å²) in [5, 5.41) is 17.5. The van der Waals surface area contributed by atoms with Crippen LogP contribution in [0.2, 0.25) is 10.0 Å². The van der Waals surface area contributed by atoms with Crippen molar-refractivity contribution in [3.05, 3.63) is 68.2 Å². The summed E-state index contributed by atoms with van der Waals surface area (Å²) in [6.45, 7) is -0.347. The van der Waals surface area contributed by atoms with Gasteiger partial charge in [-0.25, -0.2) is 0 Å². The highest BCUT2D eigenvalue weighted by atomic mass is 35.5. The highest BCUT2D eigenvalue weighted by Crippen LogP contribution is 2.27. The maximum absolute atomic E-state index is 11.7. The van der Waals surface area contributed by atoms with Gasteiger partial charge >= 0.3 is 0 Å². The molecule has 124 valence electrons. The Bertz CT molecular complexity index is 779. The largest absolute Gasteiger partial charge is 0.386 e. The lowest BCUT2D eigenvalue weighted by atomic mass is 10.2. The predicted octanol–water partition coefficient (Wildman–Crippen LogP) is 3.89. The summed E-state index contributed by atoms with van der Waals surface area (Å²) < 4.78 is 0. The van der Waals surface area contributed by atoms with E-state index in [9.17, 15) is 14.9 Å². The van der Waals surface area contributed by atoms with Gasteiger partial charge < -0.3 is 10.2 Å². The molecule has 0 aromatic heterocycles. The molecule has 0 spiro atoms. The van der Waals surface area contributed by atoms with Crippen LogP contribution < -0.4 is 5.32 Å². The molecule has 24 heavy (non-hydrogen) atoms. The molecule has 0 atom stereocenters. The number of nitrogens with one attached hydrogen (secondary N) is 1. The normalized spacial score (nSPS) is 10.6. The number of amides is 1. The first kappa shape index (κ1) is 17.7. The van der Waals surface area contributed by atoms with Gasteiger partial charge in [0.05, 0.1) is 11.1 Å². The van der Waals surface area contributed by atoms with Crippen molar-refractivity contribution < 1.29 is 14.6 Å². The van der Waals surface area contributed by atoms with Crippen LogP contribution in [0.5, 0.6) is 0 Å². The van der Waals surface area contributed by atoms with E-state index in [1.807, 2.05) is 0 Å². The van der Waals surface area contributed by atoms with Crippen LogP contribution in [-0.4, -0.2) is 23.7 Å². The molecule has 0 aliphatic carbocycles. The van der Waals surface area contributed by atoms with Gasteiger partial charge in [-0.05, 0) is 29.8 Å². The average molecular weight is 368 g/mol. The fourth-order valence-electron chi connectivity index (χ4n) is 1.67. The highest BCUT2D eigenvalue weighted by Gasteiger charge is 2.13. The van der Waals surface area contributed by atoms with Crippen LogP contribution in [0.4, 0.5) is 11.4 Å². The van der Waals surface area contributed by atoms with Crippen LogP contribution in [0.25, 0.3) is 0 Å². The van der Waals surface area contributed by atoms with E-state index in [2.05, 4.69) is 10.5 Å². The zero-order chi connectivity index (χ0) is 17.5. The molecule has 1 N–H and O–H groups in total. The predicted molar refractivity (Wildman–Crippen MR) is 91.7 cm³/mol. The van der Waals surface area contributed by atoms with Crippen molar-refractivity contribution in [2.75, 3.05) is 11.9 Å². The highest BCUT2D eigenvalue weighted by molar-refractivity contribution is 6.32. The van der Waals surface area contributed by atoms with E-state index in [4.69, 9.17) is 28.0 Å². The minimum Gasteiger partial charge on any atom is -0.386 e. The molecule has 0 saturated carbocycles. The topological polar surface area (TPSA) is 93.8 Å². The Morgan fingerprint density at radius 1 is 1.25 bits per heavy atom. The summed E-state index contributed by atoms with van der Waals surface area (Å²) in [6, 6.07) is 10.8. The van der Waals surface area contributed by atoms with Crippen LogP contribution in [0.15, 0.2) is 47.6 Å². The molecule has 2 aromatic carbocycles. The molecule has 2 aromatic rings. The van der Waals surface area contributed by atoms with Gasteiger partial charge in [-0.1, -0.05) is 40.5 Å². The summed E-state index contributed by atoms with van der Waals surface area (Å²) in [6.07, 6.45) is 1.43. The smallest absolute Gasteiger partial charge is 0.289 e. The Labute approximate surface area is 147 Å². The van der Waals surface area contributed by atoms with E-state index < -0.39 is 10.8 Å². The van der Waals surface area contributed by atoms with Crippen molar-refractivity contribution in [3.8, 4) is 0 Å². The molecule has 7 nitrogen and oxygen atoms in total. The van der Waals surface area contributed by atoms with Crippen LogP contribution in [-0.2, 0) is 9.63 Å². The molecule has 9 heteroatoms. The Hall–Kier alpha value is -2.64. The van der Waals surface area contributed by atoms with Gasteiger partial charge in [-0.3, -0.25) is 14.9 Å². The number of carbonyl (C=O) groups is 1. The van der Waals surface area contributed by atoms with Gasteiger partial charge in [-0.15, -0.1) is 0 Å². The zero-order valence-corrected chi connectivity index (χ0v) is 13.6. The summed E-state index contributed by atoms with van der Waals surface area (Å²) in [4.78, 5) is 26.7. The quantitative estimate of drug-likeness (QED) is 0.476. The number of carbonyl (C=O) groups excluding carboxylic acids is 1. The third-order valence-corrected chi connectivity index (χ3v) is 3.34. The molecular formula is C15H11Cl2N3O4. The minimum absolute atomic E-state index is 0.0122. The monoisotopic (exact) mass is 367 g/mol. The van der Waals surface area contributed by atoms with Gasteiger partial charge in [0.2, 0.25) is 0 Å². The molecule has 0 bridgehead atoms. The lowest BCUT2D eigenvalue weighted by Crippen LogP contribution is -2.17. The van der Waals surface area contributed by atoms with Crippen LogP contribution >= 0.6 is 23.2 Å². The Balaban J connectivity index is 1.86. The minimum atomic E-state index is -0.634. The first-order chi connectivity index (χ1) is 11.5. The number of anilines is 1. The molecule has 0 unspecified atom stereocenters. The van der Waals surface area contributed by atoms with Crippen LogP contribution in [0, 0.1) is 10.1 Å². The van der Waals surface area contributed by atoms with Gasteiger partial charge in [0.15, 0.2) is 6.61 Å². The molecule has 0 radical (unpaired) electrons. The number of halogens is 2. The lowest BCUT2D eigenvalue weighted by Gasteiger charge is -2.04. The molecule has 1 amide bonds. The number of hydrogen-bond donors (Lipinski definition) is 1. The lowest BCUT2D eigenvalue weighted by molar-refractivity contribution is -0.384. The van der Waals surface area contributed by atoms with Gasteiger partial charge in [0, 0.05) is 16.8 Å². The number of oxime groups is 1. The molecular weight excluding hydrogens is 357 g/mol. The third kappa shape index (κ3) is 5.22. The molecule has 0 aliphatic heterocycles. The van der Waals surface area contributed by atoms with Gasteiger partial charge in [0.1, 0.15) is 5.02 Å². The van der Waals surface area contributed by atoms with E-state index in [1.54, 1.807) is 24.3 Å². The first-order valence-electron chi connectivity index (χ1n) is 6.60. The van der Waals surface area contributed by atoms with Crippen molar-refractivity contribution >= 4 is 46.7 Å². The Morgan fingerprint density at radius 2 is 1.96 bits per heavy atom. The second-order valence-electron chi connectivity index (χ2n) is 4.53. The summed E-state index contributed by atoms with van der Waals surface area (Å²) in [5.41, 5.74) is 0.700. The van der Waals surface area contributed by atoms with E-state index in [1.165, 1.54) is 18.3 Å². The summed E-state index contributed by atoms with van der Waals surface area (Å²) in [7, 11) is 0. The standard InChI is InChI=1S/C15H11Cl2N3O4/c16-11-3-1-10(2-4-11)8-18-24-9-15(21)19-12-5-6-13(17)14(7-12)20(22)23/h1-8H,9H2,(H,19,21)/b18-8+. The number of hydrogen-bond acceptors (Lipinski definition) is 5. The molecule has 0 fully saturated rings.